The van der Waals surface area contributed by atoms with Crippen molar-refractivity contribution in [3.05, 3.63) is 45.7 Å². The van der Waals surface area contributed by atoms with Crippen molar-refractivity contribution < 1.29 is 14.6 Å². The van der Waals surface area contributed by atoms with E-state index in [1.807, 2.05) is 19.1 Å². The summed E-state index contributed by atoms with van der Waals surface area (Å²) in [4.78, 5) is 26.4. The molecule has 3 aromatic rings. The molecule has 3 rings (SSSR count). The van der Waals surface area contributed by atoms with E-state index in [1.165, 1.54) is 11.8 Å². The van der Waals surface area contributed by atoms with E-state index in [0.717, 1.165) is 23.0 Å². The van der Waals surface area contributed by atoms with Crippen LogP contribution < -0.4 is 15.6 Å². The topological polar surface area (TPSA) is 115 Å². The normalized spacial score (nSPS) is 10.6. The second-order valence-electron chi connectivity index (χ2n) is 5.62. The van der Waals surface area contributed by atoms with Gasteiger partial charge in [-0.15, -0.1) is 23.1 Å². The SMILES string of the molecule is COc1ccc(NC(=O)CSc2sc3c(O)cc(=O)[nH]c3c2C#N)c(C)c1. The number of methoxy groups -OCH3 is 1. The molecule has 0 fully saturated rings. The number of anilines is 1. The first-order chi connectivity index (χ1) is 12.9. The van der Waals surface area contributed by atoms with Crippen molar-refractivity contribution >= 4 is 44.9 Å². The van der Waals surface area contributed by atoms with Gasteiger partial charge in [0.1, 0.15) is 23.1 Å². The Kier molecular flexibility index (Phi) is 5.39. The number of pyridine rings is 1. The molecule has 2 heterocycles. The molecule has 0 radical (unpaired) electrons. The number of rotatable bonds is 5. The van der Waals surface area contributed by atoms with Gasteiger partial charge in [0, 0.05) is 11.8 Å². The van der Waals surface area contributed by atoms with Crippen LogP contribution in [0.5, 0.6) is 11.5 Å². The molecule has 0 bridgehead atoms. The molecule has 0 aliphatic heterocycles. The summed E-state index contributed by atoms with van der Waals surface area (Å²) in [5.41, 5.74) is 1.61. The molecular weight excluding hydrogens is 386 g/mol. The molecule has 0 aliphatic carbocycles. The van der Waals surface area contributed by atoms with Crippen molar-refractivity contribution in [3.63, 3.8) is 0 Å². The van der Waals surface area contributed by atoms with E-state index in [-0.39, 0.29) is 23.0 Å². The van der Waals surface area contributed by atoms with Gasteiger partial charge < -0.3 is 20.1 Å². The molecule has 1 aromatic carbocycles. The average molecular weight is 401 g/mol. The van der Waals surface area contributed by atoms with E-state index in [9.17, 15) is 20.0 Å². The fourth-order valence-electron chi connectivity index (χ4n) is 2.48. The summed E-state index contributed by atoms with van der Waals surface area (Å²) < 4.78 is 6.12. The van der Waals surface area contributed by atoms with Gasteiger partial charge in [0.25, 0.3) is 5.56 Å². The van der Waals surface area contributed by atoms with Crippen molar-refractivity contribution in [1.82, 2.24) is 4.98 Å². The van der Waals surface area contributed by atoms with Crippen LogP contribution >= 0.6 is 23.1 Å². The maximum atomic E-state index is 12.3. The number of hydrogen-bond acceptors (Lipinski definition) is 7. The predicted molar refractivity (Wildman–Crippen MR) is 106 cm³/mol. The first-order valence-corrected chi connectivity index (χ1v) is 9.59. The van der Waals surface area contributed by atoms with Crippen molar-refractivity contribution in [1.29, 1.82) is 5.26 Å². The quantitative estimate of drug-likeness (QED) is 0.566. The van der Waals surface area contributed by atoms with Crippen LogP contribution in [-0.2, 0) is 4.79 Å². The summed E-state index contributed by atoms with van der Waals surface area (Å²) in [6.45, 7) is 1.87. The summed E-state index contributed by atoms with van der Waals surface area (Å²) in [5.74, 6) is 0.378. The van der Waals surface area contributed by atoms with Crippen LogP contribution in [-0.4, -0.2) is 28.9 Å². The number of aromatic hydroxyl groups is 1. The van der Waals surface area contributed by atoms with Crippen LogP contribution in [0.15, 0.2) is 33.3 Å². The number of nitrogens with one attached hydrogen (secondary N) is 2. The van der Waals surface area contributed by atoms with Gasteiger partial charge >= 0.3 is 0 Å². The minimum atomic E-state index is -0.487. The number of H-pyrrole nitrogens is 1. The Labute approximate surface area is 162 Å². The number of carbonyl (C=O) groups excluding carboxylic acids is 1. The maximum Gasteiger partial charge on any atom is 0.252 e. The molecule has 0 spiro atoms. The van der Waals surface area contributed by atoms with Gasteiger partial charge in [-0.25, -0.2) is 0 Å². The smallest absolute Gasteiger partial charge is 0.252 e. The molecule has 0 saturated carbocycles. The highest BCUT2D eigenvalue weighted by Gasteiger charge is 2.17. The fourth-order valence-corrected chi connectivity index (χ4v) is 4.63. The largest absolute Gasteiger partial charge is 0.506 e. The highest BCUT2D eigenvalue weighted by atomic mass is 32.2. The third kappa shape index (κ3) is 3.92. The van der Waals surface area contributed by atoms with Gasteiger partial charge in [-0.2, -0.15) is 5.26 Å². The highest BCUT2D eigenvalue weighted by Crippen LogP contribution is 2.39. The fraction of sp³-hybridized carbons (Fsp3) is 0.167. The molecule has 2 aromatic heterocycles. The third-order valence-corrected chi connectivity index (χ3v) is 6.26. The molecular formula is C18H15N3O4S2. The second-order valence-corrected chi connectivity index (χ2v) is 7.88. The Morgan fingerprint density at radius 3 is 2.89 bits per heavy atom. The van der Waals surface area contributed by atoms with Gasteiger partial charge in [0.05, 0.1) is 27.3 Å². The molecule has 0 unspecified atom stereocenters. The number of hydrogen-bond donors (Lipinski definition) is 3. The monoisotopic (exact) mass is 401 g/mol. The molecule has 1 amide bonds. The number of carbonyl (C=O) groups is 1. The number of aromatic nitrogens is 1. The number of nitrogens with zero attached hydrogens (tertiary/aromatic N) is 1. The molecule has 27 heavy (non-hydrogen) atoms. The summed E-state index contributed by atoms with van der Waals surface area (Å²) >= 11 is 2.34. The van der Waals surface area contributed by atoms with E-state index in [0.29, 0.717) is 25.9 Å². The number of aromatic amines is 1. The lowest BCUT2D eigenvalue weighted by Crippen LogP contribution is -2.14. The van der Waals surface area contributed by atoms with E-state index in [1.54, 1.807) is 19.2 Å². The molecule has 0 saturated heterocycles. The Bertz CT molecular complexity index is 1130. The van der Waals surface area contributed by atoms with Crippen molar-refractivity contribution in [2.24, 2.45) is 0 Å². The number of ether oxygens (including phenoxy) is 1. The van der Waals surface area contributed by atoms with Crippen molar-refractivity contribution in [3.8, 4) is 17.6 Å². The van der Waals surface area contributed by atoms with Gasteiger partial charge in [-0.1, -0.05) is 0 Å². The van der Waals surface area contributed by atoms with Crippen LogP contribution in [0.3, 0.4) is 0 Å². The first kappa shape index (κ1) is 18.8. The van der Waals surface area contributed by atoms with E-state index >= 15 is 0 Å². The van der Waals surface area contributed by atoms with Gasteiger partial charge in [-0.05, 0) is 30.7 Å². The second kappa shape index (κ2) is 7.73. The van der Waals surface area contributed by atoms with Crippen LogP contribution in [0.1, 0.15) is 11.1 Å². The van der Waals surface area contributed by atoms with Gasteiger partial charge in [-0.3, -0.25) is 9.59 Å². The lowest BCUT2D eigenvalue weighted by molar-refractivity contribution is -0.113. The Morgan fingerprint density at radius 2 is 2.22 bits per heavy atom. The number of thioether (sulfide) groups is 1. The zero-order valence-electron chi connectivity index (χ0n) is 14.5. The molecule has 3 N–H and O–H groups in total. The number of amides is 1. The zero-order valence-corrected chi connectivity index (χ0v) is 16.1. The van der Waals surface area contributed by atoms with Crippen LogP contribution in [0.2, 0.25) is 0 Å². The third-order valence-electron chi connectivity index (χ3n) is 3.78. The van der Waals surface area contributed by atoms with E-state index in [2.05, 4.69) is 10.3 Å². The number of thiophene rings is 1. The first-order valence-electron chi connectivity index (χ1n) is 7.79. The summed E-state index contributed by atoms with van der Waals surface area (Å²) in [7, 11) is 1.58. The molecule has 9 heteroatoms. The van der Waals surface area contributed by atoms with Crippen molar-refractivity contribution in [2.45, 2.75) is 11.1 Å². The Balaban J connectivity index is 1.77. The zero-order chi connectivity index (χ0) is 19.6. The number of aryl methyl sites for hydroxylation is 1. The Morgan fingerprint density at radius 1 is 1.44 bits per heavy atom. The maximum absolute atomic E-state index is 12.3. The van der Waals surface area contributed by atoms with E-state index < -0.39 is 5.56 Å². The summed E-state index contributed by atoms with van der Waals surface area (Å²) in [6, 6.07) is 8.44. The molecule has 0 atom stereocenters. The predicted octanol–water partition coefficient (Wildman–Crippen LogP) is 3.21. The highest BCUT2D eigenvalue weighted by molar-refractivity contribution is 8.02. The van der Waals surface area contributed by atoms with Crippen LogP contribution in [0.4, 0.5) is 5.69 Å². The van der Waals surface area contributed by atoms with Crippen molar-refractivity contribution in [2.75, 3.05) is 18.2 Å². The standard InChI is InChI=1S/C18H15N3O4S2/c1-9-5-10(25-2)3-4-12(9)20-15(24)8-26-18-11(7-19)16-17(27-18)13(22)6-14(23)21-16/h3-6H,8H2,1-2H3,(H,20,24)(H2,21,22,23). The van der Waals surface area contributed by atoms with E-state index in [4.69, 9.17) is 4.74 Å². The number of benzene rings is 1. The lowest BCUT2D eigenvalue weighted by Gasteiger charge is -2.09. The minimum Gasteiger partial charge on any atom is -0.506 e. The van der Waals surface area contributed by atoms with Crippen LogP contribution in [0.25, 0.3) is 10.2 Å². The summed E-state index contributed by atoms with van der Waals surface area (Å²) in [6.07, 6.45) is 0. The van der Waals surface area contributed by atoms with Crippen LogP contribution in [0, 0.1) is 18.3 Å². The lowest BCUT2D eigenvalue weighted by atomic mass is 10.2. The molecule has 7 nitrogen and oxygen atoms in total. The average Bonchev–Trinajstić information content (AvgIpc) is 2.99. The Hall–Kier alpha value is -2.96. The number of fused-ring (bicyclic) bond motifs is 1. The summed E-state index contributed by atoms with van der Waals surface area (Å²) in [5, 5.41) is 22.1. The number of nitriles is 1. The minimum absolute atomic E-state index is 0.0813. The van der Waals surface area contributed by atoms with Gasteiger partial charge in [0.15, 0.2) is 0 Å². The molecule has 138 valence electrons. The molecule has 0 aliphatic rings. The van der Waals surface area contributed by atoms with Gasteiger partial charge in [0.2, 0.25) is 5.91 Å².